The number of anilines is 1. The number of hydrogen-bond acceptors (Lipinski definition) is 2. The molecule has 2 aromatic rings. The molecule has 0 bridgehead atoms. The van der Waals surface area contributed by atoms with E-state index in [1.165, 1.54) is 6.07 Å². The Bertz CT molecular complexity index is 462. The maximum atomic E-state index is 13.4. The van der Waals surface area contributed by atoms with Gasteiger partial charge in [-0.05, 0) is 12.1 Å². The lowest BCUT2D eigenvalue weighted by Crippen LogP contribution is -1.90. The molecule has 72 valence electrons. The summed E-state index contributed by atoms with van der Waals surface area (Å²) in [6.07, 6.45) is 1.65. The van der Waals surface area contributed by atoms with Gasteiger partial charge in [-0.1, -0.05) is 12.1 Å². The normalized spacial score (nSPS) is 10.4. The molecule has 0 radical (unpaired) electrons. The molecule has 0 fully saturated rings. The molecule has 2 rings (SSSR count). The average molecular weight is 191 g/mol. The second kappa shape index (κ2) is 3.14. The van der Waals surface area contributed by atoms with Crippen molar-refractivity contribution >= 4 is 5.69 Å². The molecule has 0 aliphatic heterocycles. The molecule has 0 aliphatic rings. The summed E-state index contributed by atoms with van der Waals surface area (Å²) in [5.41, 5.74) is 7.10. The lowest BCUT2D eigenvalue weighted by molar-refractivity contribution is 0.630. The third-order valence-electron chi connectivity index (χ3n) is 1.99. The summed E-state index contributed by atoms with van der Waals surface area (Å²) < 4.78 is 14.9. The number of halogens is 1. The van der Waals surface area contributed by atoms with Crippen LogP contribution in [0.4, 0.5) is 10.1 Å². The summed E-state index contributed by atoms with van der Waals surface area (Å²) in [5.74, 6) is -0.307. The zero-order valence-electron chi connectivity index (χ0n) is 7.74. The lowest BCUT2D eigenvalue weighted by Gasteiger charge is -1.99. The first-order valence-electron chi connectivity index (χ1n) is 4.22. The third-order valence-corrected chi connectivity index (χ3v) is 1.99. The minimum atomic E-state index is -0.307. The van der Waals surface area contributed by atoms with E-state index in [4.69, 9.17) is 5.73 Å². The summed E-state index contributed by atoms with van der Waals surface area (Å²) in [7, 11) is 1.75. The number of benzene rings is 1. The highest BCUT2D eigenvalue weighted by Gasteiger charge is 2.10. The second-order valence-corrected chi connectivity index (χ2v) is 3.09. The first-order chi connectivity index (χ1) is 6.68. The first-order valence-corrected chi connectivity index (χ1v) is 4.22. The summed E-state index contributed by atoms with van der Waals surface area (Å²) >= 11 is 0. The van der Waals surface area contributed by atoms with Gasteiger partial charge in [0, 0.05) is 18.8 Å². The van der Waals surface area contributed by atoms with Gasteiger partial charge in [-0.25, -0.2) is 4.39 Å². The highest BCUT2D eigenvalue weighted by Crippen LogP contribution is 2.25. The van der Waals surface area contributed by atoms with Gasteiger partial charge in [-0.3, -0.25) is 4.68 Å². The molecule has 0 spiro atoms. The minimum Gasteiger partial charge on any atom is -0.396 e. The molecular weight excluding hydrogens is 181 g/mol. The van der Waals surface area contributed by atoms with Gasteiger partial charge in [0.15, 0.2) is 0 Å². The van der Waals surface area contributed by atoms with Gasteiger partial charge in [0.2, 0.25) is 0 Å². The van der Waals surface area contributed by atoms with E-state index in [0.717, 1.165) is 0 Å². The quantitative estimate of drug-likeness (QED) is 0.747. The van der Waals surface area contributed by atoms with Gasteiger partial charge in [0.1, 0.15) is 11.5 Å². The third kappa shape index (κ3) is 1.35. The number of aromatic nitrogens is 2. The highest BCUT2D eigenvalue weighted by atomic mass is 19.1. The molecule has 4 heteroatoms. The maximum absolute atomic E-state index is 13.4. The SMILES string of the molecule is Cn1cc(N)c(-c2ccccc2F)n1. The van der Waals surface area contributed by atoms with Crippen LogP contribution in [0.25, 0.3) is 11.3 Å². The molecule has 0 atom stereocenters. The zero-order valence-corrected chi connectivity index (χ0v) is 7.74. The molecule has 1 aromatic heterocycles. The minimum absolute atomic E-state index is 0.307. The molecule has 0 unspecified atom stereocenters. The van der Waals surface area contributed by atoms with E-state index in [1.54, 1.807) is 36.1 Å². The summed E-state index contributed by atoms with van der Waals surface area (Å²) in [6.45, 7) is 0. The Labute approximate surface area is 81.0 Å². The van der Waals surface area contributed by atoms with Crippen molar-refractivity contribution in [3.05, 3.63) is 36.3 Å². The zero-order chi connectivity index (χ0) is 10.1. The van der Waals surface area contributed by atoms with E-state index in [1.807, 2.05) is 0 Å². The van der Waals surface area contributed by atoms with Crippen LogP contribution in [0.2, 0.25) is 0 Å². The van der Waals surface area contributed by atoms with Crippen LogP contribution in [0.5, 0.6) is 0 Å². The van der Waals surface area contributed by atoms with Crippen molar-refractivity contribution in [2.24, 2.45) is 7.05 Å². The van der Waals surface area contributed by atoms with E-state index >= 15 is 0 Å². The molecule has 2 N–H and O–H groups in total. The van der Waals surface area contributed by atoms with E-state index in [9.17, 15) is 4.39 Å². The number of rotatable bonds is 1. The molecule has 1 heterocycles. The molecule has 3 nitrogen and oxygen atoms in total. The molecule has 0 saturated heterocycles. The molecule has 0 saturated carbocycles. The standard InChI is InChI=1S/C10H10FN3/c1-14-6-9(12)10(13-14)7-4-2-3-5-8(7)11/h2-6H,12H2,1H3. The van der Waals surface area contributed by atoms with Crippen LogP contribution in [-0.2, 0) is 7.05 Å². The van der Waals surface area contributed by atoms with Crippen molar-refractivity contribution in [1.29, 1.82) is 0 Å². The van der Waals surface area contributed by atoms with Gasteiger partial charge in [-0.15, -0.1) is 0 Å². The Morgan fingerprint density at radius 3 is 2.64 bits per heavy atom. The highest BCUT2D eigenvalue weighted by molar-refractivity contribution is 5.72. The van der Waals surface area contributed by atoms with Crippen LogP contribution in [0.1, 0.15) is 0 Å². The van der Waals surface area contributed by atoms with E-state index in [-0.39, 0.29) is 5.82 Å². The number of aryl methyl sites for hydroxylation is 1. The van der Waals surface area contributed by atoms with Crippen molar-refractivity contribution in [3.8, 4) is 11.3 Å². The van der Waals surface area contributed by atoms with E-state index in [0.29, 0.717) is 16.9 Å². The van der Waals surface area contributed by atoms with Crippen molar-refractivity contribution in [2.45, 2.75) is 0 Å². The van der Waals surface area contributed by atoms with Crippen LogP contribution >= 0.6 is 0 Å². The summed E-state index contributed by atoms with van der Waals surface area (Å²) in [6, 6.07) is 6.45. The van der Waals surface area contributed by atoms with Gasteiger partial charge < -0.3 is 5.73 Å². The number of nitrogens with two attached hydrogens (primary N) is 1. The molecule has 0 amide bonds. The fraction of sp³-hybridized carbons (Fsp3) is 0.100. The molecular formula is C10H10FN3. The maximum Gasteiger partial charge on any atom is 0.132 e. The van der Waals surface area contributed by atoms with Gasteiger partial charge >= 0.3 is 0 Å². The number of hydrogen-bond donors (Lipinski definition) is 1. The fourth-order valence-electron chi connectivity index (χ4n) is 1.37. The van der Waals surface area contributed by atoms with E-state index < -0.39 is 0 Å². The predicted molar refractivity (Wildman–Crippen MR) is 53.0 cm³/mol. The van der Waals surface area contributed by atoms with Crippen LogP contribution in [-0.4, -0.2) is 9.78 Å². The second-order valence-electron chi connectivity index (χ2n) is 3.09. The van der Waals surface area contributed by atoms with Crippen LogP contribution < -0.4 is 5.73 Å². The largest absolute Gasteiger partial charge is 0.396 e. The summed E-state index contributed by atoms with van der Waals surface area (Å²) in [4.78, 5) is 0. The Morgan fingerprint density at radius 1 is 1.36 bits per heavy atom. The average Bonchev–Trinajstić information content (AvgIpc) is 2.46. The molecule has 1 aromatic carbocycles. The Hall–Kier alpha value is -1.84. The van der Waals surface area contributed by atoms with Gasteiger partial charge in [0.05, 0.1) is 5.69 Å². The first kappa shape index (κ1) is 8.74. The lowest BCUT2D eigenvalue weighted by atomic mass is 10.1. The van der Waals surface area contributed by atoms with Crippen molar-refractivity contribution in [1.82, 2.24) is 9.78 Å². The topological polar surface area (TPSA) is 43.8 Å². The van der Waals surface area contributed by atoms with E-state index in [2.05, 4.69) is 5.10 Å². The fourth-order valence-corrected chi connectivity index (χ4v) is 1.37. The Balaban J connectivity index is 2.60. The number of nitrogens with zero attached hydrogens (tertiary/aromatic N) is 2. The van der Waals surface area contributed by atoms with Gasteiger partial charge in [0.25, 0.3) is 0 Å². The monoisotopic (exact) mass is 191 g/mol. The summed E-state index contributed by atoms with van der Waals surface area (Å²) in [5, 5.41) is 4.09. The molecule has 0 aliphatic carbocycles. The van der Waals surface area contributed by atoms with Crippen LogP contribution in [0.3, 0.4) is 0 Å². The predicted octanol–water partition coefficient (Wildman–Crippen LogP) is 1.81. The van der Waals surface area contributed by atoms with Crippen molar-refractivity contribution in [3.63, 3.8) is 0 Å². The van der Waals surface area contributed by atoms with Crippen molar-refractivity contribution < 1.29 is 4.39 Å². The number of nitrogen functional groups attached to an aromatic ring is 1. The smallest absolute Gasteiger partial charge is 0.132 e. The Kier molecular flexibility index (Phi) is 1.96. The van der Waals surface area contributed by atoms with Crippen molar-refractivity contribution in [2.75, 3.05) is 5.73 Å². The van der Waals surface area contributed by atoms with Crippen LogP contribution in [0, 0.1) is 5.82 Å². The Morgan fingerprint density at radius 2 is 2.07 bits per heavy atom. The molecule has 14 heavy (non-hydrogen) atoms. The van der Waals surface area contributed by atoms with Crippen LogP contribution in [0.15, 0.2) is 30.5 Å². The van der Waals surface area contributed by atoms with Gasteiger partial charge in [-0.2, -0.15) is 5.10 Å².